The van der Waals surface area contributed by atoms with Crippen molar-refractivity contribution in [2.24, 2.45) is 0 Å². The molecule has 0 fully saturated rings. The summed E-state index contributed by atoms with van der Waals surface area (Å²) in [6.45, 7) is 6.28. The summed E-state index contributed by atoms with van der Waals surface area (Å²) in [4.78, 5) is 0. The first-order valence-electron chi connectivity index (χ1n) is 4.43. The third-order valence-electron chi connectivity index (χ3n) is 2.52. The third-order valence-corrected chi connectivity index (χ3v) is 2.93. The Labute approximate surface area is 85.1 Å². The Morgan fingerprint density at radius 3 is 2.38 bits per heavy atom. The van der Waals surface area contributed by atoms with Gasteiger partial charge in [0.2, 0.25) is 0 Å². The second kappa shape index (κ2) is 3.69. The van der Waals surface area contributed by atoms with E-state index in [2.05, 4.69) is 31.3 Å². The summed E-state index contributed by atoms with van der Waals surface area (Å²) in [6.07, 6.45) is 0. The van der Waals surface area contributed by atoms with Crippen molar-refractivity contribution in [2.75, 3.05) is 7.05 Å². The van der Waals surface area contributed by atoms with Gasteiger partial charge in [0, 0.05) is 10.6 Å². The highest BCUT2D eigenvalue weighted by molar-refractivity contribution is 6.31. The molecule has 0 atom stereocenters. The minimum absolute atomic E-state index is 0.0165. The van der Waals surface area contributed by atoms with Gasteiger partial charge in [-0.2, -0.15) is 0 Å². The number of nitrogens with one attached hydrogen (secondary N) is 1. The summed E-state index contributed by atoms with van der Waals surface area (Å²) in [5, 5.41) is 4.08. The van der Waals surface area contributed by atoms with Crippen LogP contribution in [0.25, 0.3) is 0 Å². The zero-order valence-electron chi connectivity index (χ0n) is 8.61. The van der Waals surface area contributed by atoms with Crippen LogP contribution >= 0.6 is 11.6 Å². The number of rotatable bonds is 2. The maximum Gasteiger partial charge on any atom is 0.0438 e. The largest absolute Gasteiger partial charge is 0.311 e. The molecule has 72 valence electrons. The Morgan fingerprint density at radius 1 is 1.31 bits per heavy atom. The Hall–Kier alpha value is -0.530. The van der Waals surface area contributed by atoms with E-state index in [0.717, 1.165) is 10.6 Å². The highest BCUT2D eigenvalue weighted by Gasteiger charge is 2.17. The van der Waals surface area contributed by atoms with E-state index in [1.54, 1.807) is 0 Å². The Morgan fingerprint density at radius 2 is 1.92 bits per heavy atom. The maximum atomic E-state index is 6.05. The molecule has 0 saturated carbocycles. The lowest BCUT2D eigenvalue weighted by molar-refractivity contribution is 0.444. The molecule has 0 saturated heterocycles. The Balaban J connectivity index is 3.10. The standard InChI is InChI=1S/C11H16ClN/c1-8-5-6-9(7-10(8)12)11(2,3)13-4/h5-7,13H,1-4H3. The van der Waals surface area contributed by atoms with Crippen LogP contribution in [0.2, 0.25) is 5.02 Å². The topological polar surface area (TPSA) is 12.0 Å². The minimum atomic E-state index is -0.0165. The second-order valence-electron chi connectivity index (χ2n) is 3.84. The van der Waals surface area contributed by atoms with Gasteiger partial charge in [-0.05, 0) is 45.0 Å². The molecule has 1 aromatic rings. The predicted molar refractivity (Wildman–Crippen MR) is 58.3 cm³/mol. The van der Waals surface area contributed by atoms with Crippen LogP contribution in [0.3, 0.4) is 0 Å². The van der Waals surface area contributed by atoms with Crippen LogP contribution in [0.15, 0.2) is 18.2 Å². The average molecular weight is 198 g/mol. The molecule has 0 aliphatic heterocycles. The molecule has 1 rings (SSSR count). The molecule has 13 heavy (non-hydrogen) atoms. The summed E-state index contributed by atoms with van der Waals surface area (Å²) in [6, 6.07) is 6.18. The van der Waals surface area contributed by atoms with Crippen LogP contribution in [0.4, 0.5) is 0 Å². The van der Waals surface area contributed by atoms with Crippen molar-refractivity contribution in [3.8, 4) is 0 Å². The van der Waals surface area contributed by atoms with Gasteiger partial charge in [0.15, 0.2) is 0 Å². The van der Waals surface area contributed by atoms with E-state index in [4.69, 9.17) is 11.6 Å². The van der Waals surface area contributed by atoms with Gasteiger partial charge in [-0.25, -0.2) is 0 Å². The molecule has 0 aliphatic carbocycles. The first-order chi connectivity index (χ1) is 5.97. The number of aryl methyl sites for hydroxylation is 1. The van der Waals surface area contributed by atoms with Gasteiger partial charge >= 0.3 is 0 Å². The highest BCUT2D eigenvalue weighted by Crippen LogP contribution is 2.24. The van der Waals surface area contributed by atoms with Crippen LogP contribution in [-0.4, -0.2) is 7.05 Å². The number of halogens is 1. The quantitative estimate of drug-likeness (QED) is 0.769. The van der Waals surface area contributed by atoms with Gasteiger partial charge in [-0.1, -0.05) is 23.7 Å². The molecule has 1 nitrogen and oxygen atoms in total. The molecule has 0 aliphatic rings. The SMILES string of the molecule is CNC(C)(C)c1ccc(C)c(Cl)c1. The lowest BCUT2D eigenvalue weighted by Gasteiger charge is -2.25. The monoisotopic (exact) mass is 197 g/mol. The van der Waals surface area contributed by atoms with Crippen LogP contribution in [0, 0.1) is 6.92 Å². The lowest BCUT2D eigenvalue weighted by atomic mass is 9.94. The third kappa shape index (κ3) is 2.23. The van der Waals surface area contributed by atoms with E-state index in [1.165, 1.54) is 5.56 Å². The van der Waals surface area contributed by atoms with Crippen molar-refractivity contribution in [3.63, 3.8) is 0 Å². The van der Waals surface area contributed by atoms with E-state index in [0.29, 0.717) is 0 Å². The molecule has 1 N–H and O–H groups in total. The smallest absolute Gasteiger partial charge is 0.0438 e. The maximum absolute atomic E-state index is 6.05. The van der Waals surface area contributed by atoms with Crippen LogP contribution in [0.1, 0.15) is 25.0 Å². The predicted octanol–water partition coefficient (Wildman–Crippen LogP) is 3.10. The molecule has 0 heterocycles. The molecular weight excluding hydrogens is 182 g/mol. The van der Waals surface area contributed by atoms with E-state index in [1.807, 2.05) is 20.0 Å². The molecular formula is C11H16ClN. The molecule has 0 amide bonds. The van der Waals surface area contributed by atoms with Crippen molar-refractivity contribution in [1.82, 2.24) is 5.32 Å². The fourth-order valence-electron chi connectivity index (χ4n) is 1.13. The molecule has 0 spiro atoms. The first-order valence-corrected chi connectivity index (χ1v) is 4.80. The van der Waals surface area contributed by atoms with Crippen LogP contribution in [-0.2, 0) is 5.54 Å². The summed E-state index contributed by atoms with van der Waals surface area (Å²) >= 11 is 6.05. The molecule has 0 aromatic heterocycles. The van der Waals surface area contributed by atoms with Crippen LogP contribution < -0.4 is 5.32 Å². The lowest BCUT2D eigenvalue weighted by Crippen LogP contribution is -2.33. The number of hydrogen-bond donors (Lipinski definition) is 1. The summed E-state index contributed by atoms with van der Waals surface area (Å²) in [5.74, 6) is 0. The van der Waals surface area contributed by atoms with Crippen molar-refractivity contribution in [1.29, 1.82) is 0 Å². The van der Waals surface area contributed by atoms with Gasteiger partial charge in [-0.15, -0.1) is 0 Å². The molecule has 1 aromatic carbocycles. The van der Waals surface area contributed by atoms with Crippen molar-refractivity contribution in [2.45, 2.75) is 26.3 Å². The second-order valence-corrected chi connectivity index (χ2v) is 4.25. The van der Waals surface area contributed by atoms with Gasteiger partial charge in [0.05, 0.1) is 0 Å². The highest BCUT2D eigenvalue weighted by atomic mass is 35.5. The summed E-state index contributed by atoms with van der Waals surface area (Å²) in [5.41, 5.74) is 2.32. The van der Waals surface area contributed by atoms with Gasteiger partial charge in [0.1, 0.15) is 0 Å². The zero-order chi connectivity index (χ0) is 10.1. The van der Waals surface area contributed by atoms with E-state index < -0.39 is 0 Å². The van der Waals surface area contributed by atoms with E-state index in [-0.39, 0.29) is 5.54 Å². The number of hydrogen-bond acceptors (Lipinski definition) is 1. The van der Waals surface area contributed by atoms with Crippen molar-refractivity contribution in [3.05, 3.63) is 34.3 Å². The summed E-state index contributed by atoms with van der Waals surface area (Å²) in [7, 11) is 1.95. The van der Waals surface area contributed by atoms with Gasteiger partial charge < -0.3 is 5.32 Å². The fourth-order valence-corrected chi connectivity index (χ4v) is 1.31. The van der Waals surface area contributed by atoms with E-state index >= 15 is 0 Å². The number of benzene rings is 1. The van der Waals surface area contributed by atoms with Crippen molar-refractivity contribution < 1.29 is 0 Å². The normalized spacial score (nSPS) is 11.8. The molecule has 2 heteroatoms. The van der Waals surface area contributed by atoms with Gasteiger partial charge in [-0.3, -0.25) is 0 Å². The Bertz CT molecular complexity index is 305. The average Bonchev–Trinajstić information content (AvgIpc) is 2.09. The minimum Gasteiger partial charge on any atom is -0.311 e. The molecule has 0 bridgehead atoms. The van der Waals surface area contributed by atoms with Gasteiger partial charge in [0.25, 0.3) is 0 Å². The molecule has 0 radical (unpaired) electrons. The van der Waals surface area contributed by atoms with Crippen molar-refractivity contribution >= 4 is 11.6 Å². The summed E-state index contributed by atoms with van der Waals surface area (Å²) < 4.78 is 0. The van der Waals surface area contributed by atoms with E-state index in [9.17, 15) is 0 Å². The fraction of sp³-hybridized carbons (Fsp3) is 0.455. The van der Waals surface area contributed by atoms with Crippen LogP contribution in [0.5, 0.6) is 0 Å². The zero-order valence-corrected chi connectivity index (χ0v) is 9.37. The Kier molecular flexibility index (Phi) is 2.99. The molecule has 0 unspecified atom stereocenters. The first kappa shape index (κ1) is 10.6.